The van der Waals surface area contributed by atoms with Crippen molar-refractivity contribution in [2.45, 2.75) is 0 Å². The van der Waals surface area contributed by atoms with Gasteiger partial charge in [0.1, 0.15) is 0 Å². The maximum atomic E-state index is 12.0. The van der Waals surface area contributed by atoms with E-state index in [-0.39, 0.29) is 11.6 Å². The summed E-state index contributed by atoms with van der Waals surface area (Å²) in [7, 11) is 1.69. The van der Waals surface area contributed by atoms with E-state index in [9.17, 15) is 9.59 Å². The Hall–Kier alpha value is -2.89. The molecule has 0 spiro atoms. The number of imidazole rings is 1. The zero-order chi connectivity index (χ0) is 14.1. The largest absolute Gasteiger partial charge is 0.326 e. The van der Waals surface area contributed by atoms with Crippen molar-refractivity contribution < 1.29 is 4.79 Å². The van der Waals surface area contributed by atoms with Gasteiger partial charge in [0.15, 0.2) is 0 Å². The number of fused-ring (bicyclic) bond motifs is 1. The highest BCUT2D eigenvalue weighted by atomic mass is 16.2. The average molecular weight is 268 g/mol. The van der Waals surface area contributed by atoms with E-state index in [1.165, 1.54) is 10.8 Å². The van der Waals surface area contributed by atoms with Crippen molar-refractivity contribution in [3.8, 4) is 0 Å². The van der Waals surface area contributed by atoms with Crippen LogP contribution in [0.25, 0.3) is 11.0 Å². The first-order valence-corrected chi connectivity index (χ1v) is 6.05. The average Bonchev–Trinajstić information content (AvgIpc) is 2.74. The van der Waals surface area contributed by atoms with Crippen LogP contribution < -0.4 is 11.0 Å². The molecule has 0 aliphatic carbocycles. The van der Waals surface area contributed by atoms with Crippen LogP contribution in [0.5, 0.6) is 0 Å². The summed E-state index contributed by atoms with van der Waals surface area (Å²) in [6.45, 7) is 0. The first-order chi connectivity index (χ1) is 9.65. The summed E-state index contributed by atoms with van der Waals surface area (Å²) in [6.07, 6.45) is 3.11. The maximum absolute atomic E-state index is 12.0. The Morgan fingerprint density at radius 1 is 1.35 bits per heavy atom. The molecule has 6 heteroatoms. The van der Waals surface area contributed by atoms with Crippen LogP contribution in [0.1, 0.15) is 10.4 Å². The Bertz CT molecular complexity index is 833. The molecule has 6 nitrogen and oxygen atoms in total. The minimum Gasteiger partial charge on any atom is -0.322 e. The fourth-order valence-electron chi connectivity index (χ4n) is 2.02. The molecule has 1 aromatic carbocycles. The Kier molecular flexibility index (Phi) is 2.83. The Labute approximate surface area is 114 Å². The van der Waals surface area contributed by atoms with Crippen molar-refractivity contribution in [3.05, 3.63) is 58.8 Å². The van der Waals surface area contributed by atoms with Gasteiger partial charge in [-0.1, -0.05) is 0 Å². The highest BCUT2D eigenvalue weighted by Gasteiger charge is 2.08. The molecular formula is C14H12N4O2. The summed E-state index contributed by atoms with van der Waals surface area (Å²) in [4.78, 5) is 30.1. The monoisotopic (exact) mass is 268 g/mol. The summed E-state index contributed by atoms with van der Waals surface area (Å²) in [5.41, 5.74) is 2.38. The van der Waals surface area contributed by atoms with E-state index in [2.05, 4.69) is 15.3 Å². The second-order valence-corrected chi connectivity index (χ2v) is 4.42. The lowest BCUT2D eigenvalue weighted by molar-refractivity contribution is 0.102. The molecule has 20 heavy (non-hydrogen) atoms. The zero-order valence-electron chi connectivity index (χ0n) is 10.8. The molecule has 3 rings (SSSR count). The van der Waals surface area contributed by atoms with Crippen LogP contribution in [0.2, 0.25) is 0 Å². The fourth-order valence-corrected chi connectivity index (χ4v) is 2.02. The Balaban J connectivity index is 1.92. The van der Waals surface area contributed by atoms with Crippen LogP contribution in [0.4, 0.5) is 5.69 Å². The number of amides is 1. The molecule has 2 aromatic heterocycles. The molecule has 2 heterocycles. The van der Waals surface area contributed by atoms with Gasteiger partial charge in [-0.2, -0.15) is 0 Å². The van der Waals surface area contributed by atoms with E-state index >= 15 is 0 Å². The van der Waals surface area contributed by atoms with Crippen molar-refractivity contribution in [1.82, 2.24) is 14.5 Å². The minimum atomic E-state index is -0.240. The van der Waals surface area contributed by atoms with Gasteiger partial charge in [0.2, 0.25) is 0 Å². The number of hydrogen-bond acceptors (Lipinski definition) is 3. The second-order valence-electron chi connectivity index (χ2n) is 4.42. The van der Waals surface area contributed by atoms with Crippen molar-refractivity contribution >= 4 is 22.6 Å². The summed E-state index contributed by atoms with van der Waals surface area (Å²) in [6, 6.07) is 8.65. The first kappa shape index (κ1) is 12.2. The number of nitrogens with zero attached hydrogens (tertiary/aromatic N) is 2. The minimum absolute atomic E-state index is 0.185. The van der Waals surface area contributed by atoms with Gasteiger partial charge in [0.25, 0.3) is 5.91 Å². The number of benzene rings is 1. The summed E-state index contributed by atoms with van der Waals surface area (Å²) < 4.78 is 1.52. The molecule has 0 saturated heterocycles. The molecule has 2 N–H and O–H groups in total. The third-order valence-electron chi connectivity index (χ3n) is 3.09. The van der Waals surface area contributed by atoms with Crippen LogP contribution in [-0.2, 0) is 7.05 Å². The molecule has 0 aliphatic heterocycles. The highest BCUT2D eigenvalue weighted by Crippen LogP contribution is 2.16. The number of carbonyl (C=O) groups is 1. The van der Waals surface area contributed by atoms with E-state index in [0.29, 0.717) is 16.8 Å². The van der Waals surface area contributed by atoms with Crippen LogP contribution >= 0.6 is 0 Å². The molecule has 0 bridgehead atoms. The van der Waals surface area contributed by atoms with Gasteiger partial charge in [-0.3, -0.25) is 14.3 Å². The normalized spacial score (nSPS) is 10.7. The number of aromatic nitrogens is 3. The predicted octanol–water partition coefficient (Wildman–Crippen LogP) is 1.51. The number of pyridine rings is 1. The second kappa shape index (κ2) is 4.65. The lowest BCUT2D eigenvalue weighted by Crippen LogP contribution is -2.12. The van der Waals surface area contributed by atoms with Gasteiger partial charge < -0.3 is 10.3 Å². The molecule has 0 atom stereocenters. The molecule has 3 aromatic rings. The maximum Gasteiger partial charge on any atom is 0.326 e. The molecule has 0 radical (unpaired) electrons. The lowest BCUT2D eigenvalue weighted by atomic mass is 10.2. The van der Waals surface area contributed by atoms with Crippen molar-refractivity contribution in [1.29, 1.82) is 0 Å². The number of rotatable bonds is 2. The van der Waals surface area contributed by atoms with Crippen LogP contribution in [-0.4, -0.2) is 20.4 Å². The molecule has 0 unspecified atom stereocenters. The topological polar surface area (TPSA) is 79.8 Å². The van der Waals surface area contributed by atoms with E-state index in [4.69, 9.17) is 0 Å². The third-order valence-corrected chi connectivity index (χ3v) is 3.09. The number of nitrogens with one attached hydrogen (secondary N) is 2. The number of anilines is 1. The Morgan fingerprint density at radius 2 is 2.20 bits per heavy atom. The number of H-pyrrole nitrogens is 1. The van der Waals surface area contributed by atoms with Gasteiger partial charge in [-0.25, -0.2) is 4.79 Å². The molecule has 0 saturated carbocycles. The third kappa shape index (κ3) is 2.07. The lowest BCUT2D eigenvalue weighted by Gasteiger charge is -2.05. The van der Waals surface area contributed by atoms with Gasteiger partial charge >= 0.3 is 5.69 Å². The molecule has 0 fully saturated rings. The zero-order valence-corrected chi connectivity index (χ0v) is 10.8. The van der Waals surface area contributed by atoms with Crippen LogP contribution in [0.3, 0.4) is 0 Å². The predicted molar refractivity (Wildman–Crippen MR) is 75.7 cm³/mol. The van der Waals surface area contributed by atoms with E-state index in [1.54, 1.807) is 43.6 Å². The smallest absolute Gasteiger partial charge is 0.322 e. The summed E-state index contributed by atoms with van der Waals surface area (Å²) in [5, 5.41) is 2.77. The fraction of sp³-hybridized carbons (Fsp3) is 0.0714. The summed E-state index contributed by atoms with van der Waals surface area (Å²) >= 11 is 0. The van der Waals surface area contributed by atoms with Gasteiger partial charge in [0.05, 0.1) is 16.6 Å². The standard InChI is InChI=1S/C14H12N4O2/c1-18-12-5-4-10(7-11(12)17-14(18)20)16-13(19)9-3-2-6-15-8-9/h2-8H,1H3,(H,16,19)(H,17,20). The van der Waals surface area contributed by atoms with Crippen LogP contribution in [0, 0.1) is 0 Å². The summed E-state index contributed by atoms with van der Waals surface area (Å²) in [5.74, 6) is -0.240. The SMILES string of the molecule is Cn1c(=O)[nH]c2cc(NC(=O)c3cccnc3)ccc21. The van der Waals surface area contributed by atoms with Gasteiger partial charge in [-0.05, 0) is 30.3 Å². The number of aromatic amines is 1. The van der Waals surface area contributed by atoms with Crippen LogP contribution in [0.15, 0.2) is 47.5 Å². The Morgan fingerprint density at radius 3 is 2.95 bits per heavy atom. The van der Waals surface area contributed by atoms with E-state index < -0.39 is 0 Å². The number of aryl methyl sites for hydroxylation is 1. The van der Waals surface area contributed by atoms with Crippen molar-refractivity contribution in [2.75, 3.05) is 5.32 Å². The number of carbonyl (C=O) groups excluding carboxylic acids is 1. The number of hydrogen-bond donors (Lipinski definition) is 2. The first-order valence-electron chi connectivity index (χ1n) is 6.05. The van der Waals surface area contributed by atoms with Gasteiger partial charge in [0, 0.05) is 25.1 Å². The van der Waals surface area contributed by atoms with Crippen molar-refractivity contribution in [3.63, 3.8) is 0 Å². The van der Waals surface area contributed by atoms with Gasteiger partial charge in [-0.15, -0.1) is 0 Å². The quantitative estimate of drug-likeness (QED) is 0.739. The highest BCUT2D eigenvalue weighted by molar-refractivity contribution is 6.04. The van der Waals surface area contributed by atoms with Crippen molar-refractivity contribution in [2.24, 2.45) is 7.05 Å². The molecular weight excluding hydrogens is 256 g/mol. The van der Waals surface area contributed by atoms with E-state index in [1.807, 2.05) is 0 Å². The molecule has 100 valence electrons. The van der Waals surface area contributed by atoms with E-state index in [0.717, 1.165) is 5.52 Å². The molecule has 1 amide bonds. The molecule has 0 aliphatic rings.